The summed E-state index contributed by atoms with van der Waals surface area (Å²) >= 11 is 1.33. The zero-order valence-corrected chi connectivity index (χ0v) is 45.7. The van der Waals surface area contributed by atoms with Gasteiger partial charge in [-0.05, 0) is 87.4 Å². The molecule has 392 valence electrons. The molecule has 9 aromatic rings. The number of aliphatic imine (C=N–C) groups is 1. The van der Waals surface area contributed by atoms with Gasteiger partial charge in [0.1, 0.15) is 11.1 Å². The topological polar surface area (TPSA) is 109 Å². The molecule has 3 saturated carbocycles. The zero-order chi connectivity index (χ0) is 54.2. The second-order valence-electron chi connectivity index (χ2n) is 22.5. The maximum absolute atomic E-state index is 16.4. The van der Waals surface area contributed by atoms with Gasteiger partial charge in [-0.1, -0.05) is 227 Å². The molecule has 4 aliphatic rings. The Balaban J connectivity index is 1.01. The number of hydrogen-bond acceptors (Lipinski definition) is 7. The lowest BCUT2D eigenvalue weighted by molar-refractivity contribution is -0.141. The fourth-order valence-electron chi connectivity index (χ4n) is 13.7. The first-order chi connectivity index (χ1) is 38.5. The highest BCUT2D eigenvalue weighted by molar-refractivity contribution is 8.14. The van der Waals surface area contributed by atoms with Crippen molar-refractivity contribution in [1.82, 2.24) is 24.0 Å². The molecule has 0 N–H and O–H groups in total. The Kier molecular flexibility index (Phi) is 13.7. The molecule has 79 heavy (non-hydrogen) atoms. The Labute approximate surface area is 467 Å². The molecule has 9 nitrogen and oxygen atoms in total. The fraction of sp³-hybridized carbons (Fsp3) is 0.246. The summed E-state index contributed by atoms with van der Waals surface area (Å²) in [4.78, 5) is 48.6. The third-order valence-corrected chi connectivity index (χ3v) is 18.9. The molecule has 0 saturated heterocycles. The van der Waals surface area contributed by atoms with Gasteiger partial charge in [0.15, 0.2) is 16.5 Å². The third kappa shape index (κ3) is 9.04. The van der Waals surface area contributed by atoms with Crippen LogP contribution in [-0.2, 0) is 28.7 Å². The van der Waals surface area contributed by atoms with E-state index in [0.29, 0.717) is 52.0 Å². The largest absolute Gasteiger partial charge is 0.319 e. The molecule has 4 unspecified atom stereocenters. The smallest absolute Gasteiger partial charge is 0.257 e. The maximum Gasteiger partial charge on any atom is 0.257 e. The number of amides is 1. The van der Waals surface area contributed by atoms with Crippen molar-refractivity contribution in [3.8, 4) is 6.07 Å². The quantitative estimate of drug-likeness (QED) is 0.0664. The monoisotopic (exact) mass is 1050 g/mol. The van der Waals surface area contributed by atoms with Crippen LogP contribution in [0, 0.1) is 40.4 Å². The number of carbonyl (C=O) groups excluding carboxylic acids is 2. The molecule has 3 heterocycles. The number of Topliss-reactive ketones (excluding diaryl/α,β-unsaturated/α-hetero) is 1. The van der Waals surface area contributed by atoms with E-state index in [2.05, 4.69) is 194 Å². The molecule has 3 aliphatic carbocycles. The van der Waals surface area contributed by atoms with Gasteiger partial charge >= 0.3 is 0 Å². The number of imidazole rings is 2. The Morgan fingerprint density at radius 1 is 0.608 bits per heavy atom. The molecule has 10 heteroatoms. The summed E-state index contributed by atoms with van der Waals surface area (Å²) in [6, 6.07) is 72.1. The van der Waals surface area contributed by atoms with Crippen molar-refractivity contribution in [3.05, 3.63) is 287 Å². The van der Waals surface area contributed by atoms with Crippen LogP contribution < -0.4 is 0 Å². The minimum absolute atomic E-state index is 0.0633. The minimum Gasteiger partial charge on any atom is -0.319 e. The van der Waals surface area contributed by atoms with Crippen molar-refractivity contribution in [2.24, 2.45) is 34.1 Å². The number of amidine groups is 1. The average Bonchev–Trinajstić information content (AvgIpc) is 4.30. The Morgan fingerprint density at radius 3 is 1.38 bits per heavy atom. The second-order valence-corrected chi connectivity index (χ2v) is 23.4. The van der Waals surface area contributed by atoms with Crippen molar-refractivity contribution in [2.45, 2.75) is 63.1 Å². The highest BCUT2D eigenvalue weighted by Crippen LogP contribution is 2.63. The molecule has 1 aliphatic heterocycles. The number of fused-ring (bicyclic) bond motifs is 2. The number of benzene rings is 7. The van der Waals surface area contributed by atoms with Crippen molar-refractivity contribution >= 4 is 28.6 Å². The first-order valence-corrected chi connectivity index (χ1v) is 28.5. The number of aromatic nitrogens is 4. The van der Waals surface area contributed by atoms with Gasteiger partial charge in [-0.2, -0.15) is 5.26 Å². The summed E-state index contributed by atoms with van der Waals surface area (Å²) < 4.78 is 4.40. The summed E-state index contributed by atoms with van der Waals surface area (Å²) in [5, 5.41) is 10.1. The van der Waals surface area contributed by atoms with Gasteiger partial charge in [-0.25, -0.2) is 15.0 Å². The number of nitriles is 1. The lowest BCUT2D eigenvalue weighted by Crippen LogP contribution is -2.57. The van der Waals surface area contributed by atoms with Crippen LogP contribution in [0.25, 0.3) is 0 Å². The highest BCUT2D eigenvalue weighted by Gasteiger charge is 2.58. The van der Waals surface area contributed by atoms with Crippen LogP contribution in [0.15, 0.2) is 236 Å². The lowest BCUT2D eigenvalue weighted by Gasteiger charge is -2.62. The standard InChI is InChI=1S/C69H63N7O2S/c1-49-52(38-59-39-62(49)66(59,2)3)43-76-64(78)67(73-65(76)79-46-63(77)51-36-34-50(42-70)35-37-51,40-60-44-74(47-71-60)68(53-22-10-4-11-23-53,54-24-12-5-13-25-54)55-26-14-6-15-27-55)41-61-45-75(48-72-61)69(56-28-16-7-17-29-56,57-30-18-8-19-31-57)58-32-20-9-21-33-58/h4-37,44-45,47-49,52,59,62H,38-41,43,46H2,1-3H3. The van der Waals surface area contributed by atoms with E-state index in [1.807, 2.05) is 54.0 Å². The van der Waals surface area contributed by atoms with Crippen LogP contribution in [0.4, 0.5) is 0 Å². The number of hydrogen-bond donors (Lipinski definition) is 0. The predicted molar refractivity (Wildman–Crippen MR) is 314 cm³/mol. The van der Waals surface area contributed by atoms with E-state index >= 15 is 4.79 Å². The van der Waals surface area contributed by atoms with E-state index in [9.17, 15) is 10.1 Å². The predicted octanol–water partition coefficient (Wildman–Crippen LogP) is 13.3. The van der Waals surface area contributed by atoms with Gasteiger partial charge in [-0.3, -0.25) is 14.5 Å². The van der Waals surface area contributed by atoms with Crippen LogP contribution >= 0.6 is 11.8 Å². The average molecular weight is 1050 g/mol. The fourth-order valence-corrected chi connectivity index (χ4v) is 14.7. The van der Waals surface area contributed by atoms with Gasteiger partial charge in [-0.15, -0.1) is 0 Å². The number of nitrogens with zero attached hydrogens (tertiary/aromatic N) is 7. The SMILES string of the molecule is CC1C(CN2C(=O)C(Cc3cn(C(c4ccccc4)(c4ccccc4)c4ccccc4)cn3)(Cc3cn(C(c4ccccc4)(c4ccccc4)c4ccccc4)cn3)N=C2SCC(=O)c2ccc(C#N)cc2)CC2CC1C2(C)C. The van der Waals surface area contributed by atoms with E-state index in [1.54, 1.807) is 24.3 Å². The Morgan fingerprint density at radius 2 is 1.01 bits per heavy atom. The van der Waals surface area contributed by atoms with E-state index in [1.165, 1.54) is 18.2 Å². The second kappa shape index (κ2) is 21.1. The van der Waals surface area contributed by atoms with Gasteiger partial charge in [0.05, 0.1) is 41.4 Å². The number of rotatable bonds is 17. The minimum atomic E-state index is -1.40. The summed E-state index contributed by atoms with van der Waals surface area (Å²) in [6.45, 7) is 7.69. The van der Waals surface area contributed by atoms with Crippen LogP contribution in [0.1, 0.15) is 94.3 Å². The van der Waals surface area contributed by atoms with Crippen molar-refractivity contribution in [3.63, 3.8) is 0 Å². The number of carbonyl (C=O) groups is 2. The van der Waals surface area contributed by atoms with Crippen LogP contribution in [0.2, 0.25) is 0 Å². The summed E-state index contributed by atoms with van der Waals surface area (Å²) in [7, 11) is 0. The molecule has 2 bridgehead atoms. The van der Waals surface area contributed by atoms with E-state index in [-0.39, 0.29) is 41.6 Å². The van der Waals surface area contributed by atoms with Gasteiger partial charge in [0.2, 0.25) is 0 Å². The van der Waals surface area contributed by atoms with E-state index in [4.69, 9.17) is 15.0 Å². The van der Waals surface area contributed by atoms with Crippen LogP contribution in [-0.4, -0.2) is 58.7 Å². The first-order valence-electron chi connectivity index (χ1n) is 27.5. The molecular weight excluding hydrogens is 991 g/mol. The number of ketones is 1. The molecule has 0 radical (unpaired) electrons. The van der Waals surface area contributed by atoms with Gasteiger partial charge in [0, 0.05) is 37.3 Å². The molecule has 3 fully saturated rings. The lowest BCUT2D eigenvalue weighted by atomic mass is 9.43. The maximum atomic E-state index is 16.4. The highest BCUT2D eigenvalue weighted by atomic mass is 32.2. The molecular formula is C69H63N7O2S. The van der Waals surface area contributed by atoms with Crippen molar-refractivity contribution < 1.29 is 9.59 Å². The van der Waals surface area contributed by atoms with Crippen LogP contribution in [0.3, 0.4) is 0 Å². The van der Waals surface area contributed by atoms with Crippen molar-refractivity contribution in [2.75, 3.05) is 12.3 Å². The molecule has 1 amide bonds. The summed E-state index contributed by atoms with van der Waals surface area (Å²) in [5.74, 6) is 1.64. The van der Waals surface area contributed by atoms with Gasteiger partial charge in [0.25, 0.3) is 5.91 Å². The molecule has 4 atom stereocenters. The Hall–Kier alpha value is -8.39. The molecule has 0 spiro atoms. The van der Waals surface area contributed by atoms with Gasteiger partial charge < -0.3 is 9.13 Å². The first kappa shape index (κ1) is 51.4. The van der Waals surface area contributed by atoms with E-state index in [0.717, 1.165) is 39.8 Å². The molecule has 13 rings (SSSR count). The number of thioether (sulfide) groups is 1. The zero-order valence-electron chi connectivity index (χ0n) is 44.8. The van der Waals surface area contributed by atoms with Crippen LogP contribution in [0.5, 0.6) is 0 Å². The summed E-state index contributed by atoms with van der Waals surface area (Å²) in [6.07, 6.45) is 10.6. The summed E-state index contributed by atoms with van der Waals surface area (Å²) in [5.41, 5.74) is 5.95. The Bertz CT molecular complexity index is 3310. The molecule has 2 aromatic heterocycles. The van der Waals surface area contributed by atoms with Crippen molar-refractivity contribution in [1.29, 1.82) is 5.26 Å². The third-order valence-electron chi connectivity index (χ3n) is 17.9. The van der Waals surface area contributed by atoms with E-state index < -0.39 is 16.6 Å². The normalized spacial score (nSPS) is 19.3. The molecule has 7 aromatic carbocycles.